The Morgan fingerprint density at radius 1 is 1.11 bits per heavy atom. The van der Waals surface area contributed by atoms with E-state index < -0.39 is 11.6 Å². The molecule has 2 N–H and O–H groups in total. The van der Waals surface area contributed by atoms with Crippen molar-refractivity contribution in [3.05, 3.63) is 59.3 Å². The fourth-order valence-electron chi connectivity index (χ4n) is 5.43. The smallest absolute Gasteiger partial charge is 0.255 e. The first-order chi connectivity index (χ1) is 13.5. The summed E-state index contributed by atoms with van der Waals surface area (Å²) in [4.78, 5) is 21.5. The first-order valence-corrected chi connectivity index (χ1v) is 9.75. The zero-order valence-corrected chi connectivity index (χ0v) is 15.4. The third-order valence-corrected chi connectivity index (χ3v) is 6.67. The number of hydrogen-bond donors (Lipinski definition) is 1. The van der Waals surface area contributed by atoms with E-state index in [1.54, 1.807) is 24.3 Å². The van der Waals surface area contributed by atoms with Crippen molar-refractivity contribution >= 4 is 11.7 Å². The minimum atomic E-state index is -0.836. The molecule has 1 amide bonds. The van der Waals surface area contributed by atoms with Gasteiger partial charge in [0.05, 0.1) is 11.6 Å². The zero-order chi connectivity index (χ0) is 19.4. The van der Waals surface area contributed by atoms with Crippen molar-refractivity contribution in [1.29, 1.82) is 0 Å². The maximum Gasteiger partial charge on any atom is 0.255 e. The summed E-state index contributed by atoms with van der Waals surface area (Å²) in [5, 5.41) is 0. The van der Waals surface area contributed by atoms with Crippen LogP contribution in [0.15, 0.2) is 36.5 Å². The topological polar surface area (TPSA) is 62.5 Å². The summed E-state index contributed by atoms with van der Waals surface area (Å²) < 4.78 is 28.5. The Bertz CT molecular complexity index is 911. The fraction of sp³-hybridized carbons (Fsp3) is 0.429. The number of carbonyl (C=O) groups excluding carboxylic acids is 1. The summed E-state index contributed by atoms with van der Waals surface area (Å²) >= 11 is 0. The van der Waals surface area contributed by atoms with Gasteiger partial charge in [0.2, 0.25) is 0 Å². The van der Waals surface area contributed by atoms with Gasteiger partial charge in [-0.25, -0.2) is 13.8 Å². The van der Waals surface area contributed by atoms with E-state index in [4.69, 9.17) is 5.73 Å². The number of likely N-dealkylation sites (tertiary alicyclic amines) is 1. The number of rotatable bonds is 2. The average Bonchev–Trinajstić information content (AvgIpc) is 3.14. The minimum Gasteiger partial charge on any atom is -0.384 e. The molecule has 28 heavy (non-hydrogen) atoms. The van der Waals surface area contributed by atoms with Crippen LogP contribution in [0.1, 0.15) is 34.7 Å². The quantitative estimate of drug-likeness (QED) is 0.865. The summed E-state index contributed by atoms with van der Waals surface area (Å²) in [6.07, 6.45) is 3.55. The molecule has 0 spiro atoms. The van der Waals surface area contributed by atoms with E-state index in [-0.39, 0.29) is 23.9 Å². The summed E-state index contributed by atoms with van der Waals surface area (Å²) in [6.45, 7) is 2.28. The number of nitrogen functional groups attached to an aromatic ring is 1. The summed E-state index contributed by atoms with van der Waals surface area (Å²) in [6, 6.07) is 7.67. The van der Waals surface area contributed by atoms with Crippen molar-refractivity contribution in [3.63, 3.8) is 0 Å². The lowest BCUT2D eigenvalue weighted by Gasteiger charge is -2.51. The standard InChI is InChI=1S/C21H22F2N4O/c22-16-3-1-2-14(18(16)23)15-11-27(21(28)13-4-5-17(24)25-10-13)19-12-6-8-26(9-7-12)20(15)19/h1-5,10,12,15,19-20H,6-9,11H2,(H2,24,25)/t15-,19-,20-/m1/s1. The van der Waals surface area contributed by atoms with Crippen LogP contribution in [0.25, 0.3) is 0 Å². The molecule has 4 fully saturated rings. The largest absolute Gasteiger partial charge is 0.384 e. The number of carbonyl (C=O) groups is 1. The van der Waals surface area contributed by atoms with Crippen LogP contribution in [0.2, 0.25) is 0 Å². The van der Waals surface area contributed by atoms with Gasteiger partial charge in [0.1, 0.15) is 5.82 Å². The van der Waals surface area contributed by atoms with Gasteiger partial charge in [-0.05, 0) is 55.6 Å². The van der Waals surface area contributed by atoms with E-state index in [1.165, 1.54) is 6.20 Å². The molecule has 5 heterocycles. The van der Waals surface area contributed by atoms with Crippen LogP contribution in [-0.4, -0.2) is 52.4 Å². The third kappa shape index (κ3) is 2.60. The number of piperidine rings is 3. The molecule has 1 aromatic carbocycles. The Kier molecular flexibility index (Phi) is 4.08. The Morgan fingerprint density at radius 2 is 1.89 bits per heavy atom. The van der Waals surface area contributed by atoms with Crippen molar-refractivity contribution < 1.29 is 13.6 Å². The van der Waals surface area contributed by atoms with Crippen molar-refractivity contribution in [1.82, 2.24) is 14.8 Å². The number of hydrogen-bond acceptors (Lipinski definition) is 4. The van der Waals surface area contributed by atoms with Gasteiger partial charge in [-0.15, -0.1) is 0 Å². The summed E-state index contributed by atoms with van der Waals surface area (Å²) in [7, 11) is 0. The van der Waals surface area contributed by atoms with E-state index in [0.29, 0.717) is 29.4 Å². The fourth-order valence-corrected chi connectivity index (χ4v) is 5.43. The highest BCUT2D eigenvalue weighted by Gasteiger charge is 2.55. The number of amides is 1. The van der Waals surface area contributed by atoms with Gasteiger partial charge in [0.25, 0.3) is 5.91 Å². The number of nitrogens with two attached hydrogens (primary N) is 1. The molecule has 7 heteroatoms. The van der Waals surface area contributed by atoms with Gasteiger partial charge in [0.15, 0.2) is 11.6 Å². The molecule has 0 unspecified atom stereocenters. The first kappa shape index (κ1) is 17.6. The highest BCUT2D eigenvalue weighted by Crippen LogP contribution is 2.47. The van der Waals surface area contributed by atoms with Gasteiger partial charge in [0, 0.05) is 24.7 Å². The molecule has 5 nitrogen and oxygen atoms in total. The Hall–Kier alpha value is -2.54. The van der Waals surface area contributed by atoms with E-state index >= 15 is 0 Å². The van der Waals surface area contributed by atoms with Gasteiger partial charge in [-0.3, -0.25) is 9.69 Å². The van der Waals surface area contributed by atoms with Crippen LogP contribution >= 0.6 is 0 Å². The molecule has 0 radical (unpaired) electrons. The van der Waals surface area contributed by atoms with Gasteiger partial charge >= 0.3 is 0 Å². The van der Waals surface area contributed by atoms with Crippen molar-refractivity contribution in [2.24, 2.45) is 5.92 Å². The number of anilines is 1. The van der Waals surface area contributed by atoms with Gasteiger partial charge in [-0.1, -0.05) is 12.1 Å². The molecule has 146 valence electrons. The molecule has 0 aliphatic carbocycles. The lowest BCUT2D eigenvalue weighted by Crippen LogP contribution is -2.60. The number of nitrogens with zero attached hydrogens (tertiary/aromatic N) is 3. The average molecular weight is 384 g/mol. The highest BCUT2D eigenvalue weighted by atomic mass is 19.2. The molecule has 2 bridgehead atoms. The van der Waals surface area contributed by atoms with Crippen molar-refractivity contribution in [3.8, 4) is 0 Å². The minimum absolute atomic E-state index is 0.0141. The lowest BCUT2D eigenvalue weighted by atomic mass is 9.75. The monoisotopic (exact) mass is 384 g/mol. The summed E-state index contributed by atoms with van der Waals surface area (Å²) in [5.41, 5.74) is 6.49. The second-order valence-corrected chi connectivity index (χ2v) is 8.03. The maximum atomic E-state index is 14.6. The molecule has 3 atom stereocenters. The van der Waals surface area contributed by atoms with E-state index in [2.05, 4.69) is 9.88 Å². The van der Waals surface area contributed by atoms with Crippen molar-refractivity contribution in [2.75, 3.05) is 25.4 Å². The number of fused-ring (bicyclic) bond motifs is 2. The van der Waals surface area contributed by atoms with Gasteiger partial charge in [-0.2, -0.15) is 0 Å². The number of halogens is 2. The van der Waals surface area contributed by atoms with Crippen LogP contribution in [0.5, 0.6) is 0 Å². The zero-order valence-electron chi connectivity index (χ0n) is 15.4. The normalized spacial score (nSPS) is 31.1. The SMILES string of the molecule is Nc1ccc(C(=O)N2C[C@H](c3cccc(F)c3F)[C@@H]3[C@H]2C2CCN3CC2)cn1. The summed E-state index contributed by atoms with van der Waals surface area (Å²) in [5.74, 6) is -1.24. The highest BCUT2D eigenvalue weighted by molar-refractivity contribution is 5.94. The molecule has 0 saturated carbocycles. The molecule has 4 aliphatic rings. The maximum absolute atomic E-state index is 14.6. The Balaban J connectivity index is 1.55. The second kappa shape index (κ2) is 6.51. The lowest BCUT2D eigenvalue weighted by molar-refractivity contribution is -0.00360. The molecular weight excluding hydrogens is 362 g/mol. The molecule has 2 aromatic rings. The number of aromatic nitrogens is 1. The Morgan fingerprint density at radius 3 is 2.61 bits per heavy atom. The van der Waals surface area contributed by atoms with Crippen LogP contribution in [0, 0.1) is 17.6 Å². The number of pyridine rings is 1. The Labute approximate surface area is 162 Å². The predicted octanol–water partition coefficient (Wildman–Crippen LogP) is 2.64. The van der Waals surface area contributed by atoms with Crippen LogP contribution in [-0.2, 0) is 0 Å². The second-order valence-electron chi connectivity index (χ2n) is 8.03. The van der Waals surface area contributed by atoms with Crippen LogP contribution in [0.3, 0.4) is 0 Å². The van der Waals surface area contributed by atoms with Gasteiger partial charge < -0.3 is 10.6 Å². The van der Waals surface area contributed by atoms with E-state index in [9.17, 15) is 13.6 Å². The molecule has 4 aliphatic heterocycles. The van der Waals surface area contributed by atoms with E-state index in [0.717, 1.165) is 32.0 Å². The first-order valence-electron chi connectivity index (χ1n) is 9.75. The molecular formula is C21H22F2N4O. The predicted molar refractivity (Wildman–Crippen MR) is 101 cm³/mol. The molecule has 4 saturated heterocycles. The van der Waals surface area contributed by atoms with Crippen LogP contribution < -0.4 is 5.73 Å². The molecule has 1 aromatic heterocycles. The number of benzene rings is 1. The third-order valence-electron chi connectivity index (χ3n) is 6.67. The van der Waals surface area contributed by atoms with E-state index in [1.807, 2.05) is 4.90 Å². The molecule has 6 rings (SSSR count). The van der Waals surface area contributed by atoms with Crippen molar-refractivity contribution in [2.45, 2.75) is 30.8 Å². The van der Waals surface area contributed by atoms with Crippen LogP contribution in [0.4, 0.5) is 14.6 Å².